The topological polar surface area (TPSA) is 75.7 Å². The van der Waals surface area contributed by atoms with Crippen LogP contribution in [0.15, 0.2) is 42.5 Å². The highest BCUT2D eigenvalue weighted by Crippen LogP contribution is 2.29. The molecule has 138 valence electrons. The van der Waals surface area contributed by atoms with Crippen LogP contribution in [-0.4, -0.2) is 33.7 Å². The van der Waals surface area contributed by atoms with Gasteiger partial charge in [0.15, 0.2) is 0 Å². The lowest BCUT2D eigenvalue weighted by Gasteiger charge is -2.29. The molecule has 1 saturated heterocycles. The van der Waals surface area contributed by atoms with E-state index in [9.17, 15) is 13.2 Å². The Balaban J connectivity index is 1.83. The molecule has 1 aliphatic heterocycles. The molecule has 0 bridgehead atoms. The minimum Gasteiger partial charge on any atom is -0.496 e. The van der Waals surface area contributed by atoms with Crippen molar-refractivity contribution in [3.05, 3.63) is 53.6 Å². The average Bonchev–Trinajstić information content (AvgIpc) is 2.62. The van der Waals surface area contributed by atoms with E-state index < -0.39 is 10.0 Å². The third kappa shape index (κ3) is 3.67. The fourth-order valence-electron chi connectivity index (χ4n) is 3.10. The van der Waals surface area contributed by atoms with Crippen molar-refractivity contribution in [2.75, 3.05) is 29.0 Å². The number of hydrogen-bond acceptors (Lipinski definition) is 4. The highest BCUT2D eigenvalue weighted by Gasteiger charge is 2.27. The first-order chi connectivity index (χ1) is 12.4. The molecule has 0 atom stereocenters. The number of aryl methyl sites for hydroxylation is 1. The molecule has 0 saturated carbocycles. The number of carbonyl (C=O) groups excluding carboxylic acids is 1. The molecule has 2 aromatic carbocycles. The van der Waals surface area contributed by atoms with Crippen molar-refractivity contribution in [3.63, 3.8) is 0 Å². The summed E-state index contributed by atoms with van der Waals surface area (Å²) in [5, 5.41) is 2.84. The first kappa shape index (κ1) is 18.3. The monoisotopic (exact) mass is 374 g/mol. The van der Waals surface area contributed by atoms with Crippen LogP contribution in [0.25, 0.3) is 0 Å². The number of nitrogens with zero attached hydrogens (tertiary/aromatic N) is 1. The molecule has 26 heavy (non-hydrogen) atoms. The van der Waals surface area contributed by atoms with Crippen LogP contribution in [-0.2, 0) is 10.0 Å². The van der Waals surface area contributed by atoms with Crippen LogP contribution in [0.3, 0.4) is 0 Å². The summed E-state index contributed by atoms with van der Waals surface area (Å²) in [4.78, 5) is 12.5. The third-order valence-corrected chi connectivity index (χ3v) is 6.28. The van der Waals surface area contributed by atoms with Crippen LogP contribution < -0.4 is 14.4 Å². The minimum absolute atomic E-state index is 0.179. The molecule has 1 amide bonds. The summed E-state index contributed by atoms with van der Waals surface area (Å²) in [6.45, 7) is 2.34. The van der Waals surface area contributed by atoms with Gasteiger partial charge in [0.25, 0.3) is 5.91 Å². The van der Waals surface area contributed by atoms with E-state index in [-0.39, 0.29) is 11.7 Å². The van der Waals surface area contributed by atoms with Gasteiger partial charge in [-0.15, -0.1) is 0 Å². The van der Waals surface area contributed by atoms with Crippen LogP contribution in [0.1, 0.15) is 28.8 Å². The number of amides is 1. The third-order valence-electron chi connectivity index (χ3n) is 4.42. The zero-order valence-corrected chi connectivity index (χ0v) is 15.7. The molecule has 0 spiro atoms. The lowest BCUT2D eigenvalue weighted by Crippen LogP contribution is -2.38. The van der Waals surface area contributed by atoms with E-state index in [4.69, 9.17) is 4.74 Å². The molecule has 0 unspecified atom stereocenters. The van der Waals surface area contributed by atoms with Gasteiger partial charge in [-0.05, 0) is 55.7 Å². The summed E-state index contributed by atoms with van der Waals surface area (Å²) >= 11 is 0. The molecule has 1 fully saturated rings. The van der Waals surface area contributed by atoms with Gasteiger partial charge < -0.3 is 10.1 Å². The predicted molar refractivity (Wildman–Crippen MR) is 102 cm³/mol. The first-order valence-corrected chi connectivity index (χ1v) is 10.1. The van der Waals surface area contributed by atoms with Crippen molar-refractivity contribution in [1.29, 1.82) is 0 Å². The lowest BCUT2D eigenvalue weighted by molar-refractivity contribution is 0.102. The maximum Gasteiger partial charge on any atom is 0.259 e. The van der Waals surface area contributed by atoms with E-state index >= 15 is 0 Å². The molecule has 3 rings (SSSR count). The number of sulfonamides is 1. The normalized spacial score (nSPS) is 16.2. The Labute approximate surface area is 153 Å². The predicted octanol–water partition coefficient (Wildman–Crippen LogP) is 3.19. The number of ether oxygens (including phenoxy) is 1. The Kier molecular flexibility index (Phi) is 5.18. The number of rotatable bonds is 4. The van der Waals surface area contributed by atoms with Gasteiger partial charge >= 0.3 is 0 Å². The number of anilines is 2. The Morgan fingerprint density at radius 3 is 2.62 bits per heavy atom. The van der Waals surface area contributed by atoms with Gasteiger partial charge in [0.2, 0.25) is 10.0 Å². The van der Waals surface area contributed by atoms with E-state index in [1.807, 2.05) is 6.92 Å². The Morgan fingerprint density at radius 1 is 1.15 bits per heavy atom. The number of methoxy groups -OCH3 is 1. The summed E-state index contributed by atoms with van der Waals surface area (Å²) in [7, 11) is -1.74. The second kappa shape index (κ2) is 7.37. The highest BCUT2D eigenvalue weighted by atomic mass is 32.2. The number of carbonyl (C=O) groups is 1. The van der Waals surface area contributed by atoms with Crippen molar-refractivity contribution in [2.45, 2.75) is 19.8 Å². The zero-order chi connectivity index (χ0) is 18.7. The number of para-hydroxylation sites is 1. The second-order valence-corrected chi connectivity index (χ2v) is 8.26. The minimum atomic E-state index is -3.26. The lowest BCUT2D eigenvalue weighted by atomic mass is 10.1. The second-order valence-electron chi connectivity index (χ2n) is 6.25. The molecule has 1 heterocycles. The summed E-state index contributed by atoms with van der Waals surface area (Å²) < 4.78 is 31.3. The van der Waals surface area contributed by atoms with E-state index in [0.29, 0.717) is 35.7 Å². The van der Waals surface area contributed by atoms with Gasteiger partial charge in [-0.25, -0.2) is 8.42 Å². The Morgan fingerprint density at radius 2 is 1.92 bits per heavy atom. The molecule has 0 aromatic heterocycles. The SMILES string of the molecule is COc1ccccc1C(=O)Nc1ccc(N2CCCCS2(=O)=O)c(C)c1. The van der Waals surface area contributed by atoms with Crippen LogP contribution in [0, 0.1) is 6.92 Å². The zero-order valence-electron chi connectivity index (χ0n) is 14.9. The van der Waals surface area contributed by atoms with E-state index in [0.717, 1.165) is 12.0 Å². The number of nitrogens with one attached hydrogen (secondary N) is 1. The van der Waals surface area contributed by atoms with Gasteiger partial charge in [-0.3, -0.25) is 9.10 Å². The van der Waals surface area contributed by atoms with E-state index in [2.05, 4.69) is 5.32 Å². The van der Waals surface area contributed by atoms with Crippen molar-refractivity contribution < 1.29 is 17.9 Å². The standard InChI is InChI=1S/C19H22N2O4S/c1-14-13-15(20-19(22)16-7-3-4-8-18(16)25-2)9-10-17(14)21-11-5-6-12-26(21,23)24/h3-4,7-10,13H,5-6,11-12H2,1-2H3,(H,20,22). The summed E-state index contributed by atoms with van der Waals surface area (Å²) in [6, 6.07) is 12.2. The molecule has 0 radical (unpaired) electrons. The number of benzene rings is 2. The molecule has 0 aliphatic carbocycles. The van der Waals surface area contributed by atoms with Crippen molar-refractivity contribution in [2.24, 2.45) is 0 Å². The maximum absolute atomic E-state index is 12.5. The van der Waals surface area contributed by atoms with Crippen molar-refractivity contribution in [3.8, 4) is 5.75 Å². The first-order valence-electron chi connectivity index (χ1n) is 8.48. The Bertz CT molecular complexity index is 925. The molecule has 2 aromatic rings. The summed E-state index contributed by atoms with van der Waals surface area (Å²) in [5.41, 5.74) is 2.51. The smallest absolute Gasteiger partial charge is 0.259 e. The Hall–Kier alpha value is -2.54. The summed E-state index contributed by atoms with van der Waals surface area (Å²) in [6.07, 6.45) is 1.55. The molecule has 6 nitrogen and oxygen atoms in total. The summed E-state index contributed by atoms with van der Waals surface area (Å²) in [5.74, 6) is 0.400. The van der Waals surface area contributed by atoms with Crippen molar-refractivity contribution >= 4 is 27.3 Å². The fourth-order valence-corrected chi connectivity index (χ4v) is 4.80. The van der Waals surface area contributed by atoms with Gasteiger partial charge in [-0.1, -0.05) is 12.1 Å². The van der Waals surface area contributed by atoms with Crippen LogP contribution in [0.2, 0.25) is 0 Å². The molecular formula is C19H22N2O4S. The quantitative estimate of drug-likeness (QED) is 0.892. The van der Waals surface area contributed by atoms with Gasteiger partial charge in [0, 0.05) is 12.2 Å². The average molecular weight is 374 g/mol. The largest absolute Gasteiger partial charge is 0.496 e. The molecule has 1 N–H and O–H groups in total. The maximum atomic E-state index is 12.5. The van der Waals surface area contributed by atoms with Crippen LogP contribution >= 0.6 is 0 Å². The van der Waals surface area contributed by atoms with Crippen LogP contribution in [0.4, 0.5) is 11.4 Å². The van der Waals surface area contributed by atoms with Crippen LogP contribution in [0.5, 0.6) is 5.75 Å². The highest BCUT2D eigenvalue weighted by molar-refractivity contribution is 7.92. The molecular weight excluding hydrogens is 352 g/mol. The van der Waals surface area contributed by atoms with Gasteiger partial charge in [0.05, 0.1) is 24.1 Å². The fraction of sp³-hybridized carbons (Fsp3) is 0.316. The van der Waals surface area contributed by atoms with E-state index in [1.54, 1.807) is 42.5 Å². The van der Waals surface area contributed by atoms with Crippen molar-refractivity contribution in [1.82, 2.24) is 0 Å². The van der Waals surface area contributed by atoms with Gasteiger partial charge in [-0.2, -0.15) is 0 Å². The van der Waals surface area contributed by atoms with E-state index in [1.165, 1.54) is 11.4 Å². The molecule has 1 aliphatic rings. The number of hydrogen-bond donors (Lipinski definition) is 1. The van der Waals surface area contributed by atoms with Gasteiger partial charge in [0.1, 0.15) is 5.75 Å². The molecule has 7 heteroatoms.